The smallest absolute Gasteiger partial charge is 0.187 e. The zero-order valence-corrected chi connectivity index (χ0v) is 12.7. The molecule has 0 saturated heterocycles. The predicted octanol–water partition coefficient (Wildman–Crippen LogP) is 2.69. The molecule has 0 radical (unpaired) electrons. The van der Waals surface area contributed by atoms with Crippen molar-refractivity contribution in [3.63, 3.8) is 0 Å². The number of phenols is 1. The molecule has 0 aliphatic rings. The van der Waals surface area contributed by atoms with Crippen molar-refractivity contribution in [3.8, 4) is 5.75 Å². The first kappa shape index (κ1) is 16.9. The molecule has 20 heavy (non-hydrogen) atoms. The highest BCUT2D eigenvalue weighted by Crippen LogP contribution is 2.22. The van der Waals surface area contributed by atoms with E-state index in [0.717, 1.165) is 19.6 Å². The van der Waals surface area contributed by atoms with Crippen LogP contribution in [0.5, 0.6) is 5.75 Å². The van der Waals surface area contributed by atoms with Gasteiger partial charge in [-0.2, -0.15) is 0 Å². The summed E-state index contributed by atoms with van der Waals surface area (Å²) in [6.45, 7) is 7.27. The maximum atomic E-state index is 13.4. The summed E-state index contributed by atoms with van der Waals surface area (Å²) >= 11 is 0. The Morgan fingerprint density at radius 1 is 1.10 bits per heavy atom. The van der Waals surface area contributed by atoms with Crippen LogP contribution in [0.15, 0.2) is 12.1 Å². The van der Waals surface area contributed by atoms with E-state index in [0.29, 0.717) is 18.0 Å². The van der Waals surface area contributed by atoms with Gasteiger partial charge in [-0.25, -0.2) is 8.78 Å². The van der Waals surface area contributed by atoms with Gasteiger partial charge in [0.15, 0.2) is 17.4 Å². The van der Waals surface area contributed by atoms with Crippen LogP contribution in [0.1, 0.15) is 19.4 Å². The maximum absolute atomic E-state index is 13.4. The molecule has 1 aromatic rings. The van der Waals surface area contributed by atoms with Crippen LogP contribution in [0.3, 0.4) is 0 Å². The average molecular weight is 286 g/mol. The minimum Gasteiger partial charge on any atom is -0.503 e. The highest BCUT2D eigenvalue weighted by Gasteiger charge is 2.13. The van der Waals surface area contributed by atoms with Crippen molar-refractivity contribution in [1.82, 2.24) is 9.80 Å². The SMILES string of the molecule is CC(C)CN(CCN(C)C)Cc1cc(F)c(O)c(F)c1. The molecule has 0 aliphatic carbocycles. The molecule has 5 heteroatoms. The fraction of sp³-hybridized carbons (Fsp3) is 0.600. The van der Waals surface area contributed by atoms with Gasteiger partial charge in [-0.15, -0.1) is 0 Å². The molecule has 0 bridgehead atoms. The molecule has 1 N–H and O–H groups in total. The summed E-state index contributed by atoms with van der Waals surface area (Å²) < 4.78 is 26.7. The zero-order valence-electron chi connectivity index (χ0n) is 12.7. The van der Waals surface area contributed by atoms with E-state index in [1.807, 2.05) is 14.1 Å². The monoisotopic (exact) mass is 286 g/mol. The van der Waals surface area contributed by atoms with Crippen LogP contribution in [0.2, 0.25) is 0 Å². The third kappa shape index (κ3) is 5.43. The van der Waals surface area contributed by atoms with Gasteiger partial charge in [0, 0.05) is 26.2 Å². The van der Waals surface area contributed by atoms with E-state index in [1.54, 1.807) is 0 Å². The van der Waals surface area contributed by atoms with E-state index in [-0.39, 0.29) is 0 Å². The molecule has 1 aromatic carbocycles. The Balaban J connectivity index is 2.77. The first-order chi connectivity index (χ1) is 9.29. The van der Waals surface area contributed by atoms with Gasteiger partial charge < -0.3 is 10.0 Å². The van der Waals surface area contributed by atoms with Gasteiger partial charge in [0.1, 0.15) is 0 Å². The van der Waals surface area contributed by atoms with E-state index in [1.165, 1.54) is 12.1 Å². The molecule has 0 amide bonds. The van der Waals surface area contributed by atoms with E-state index < -0.39 is 17.4 Å². The van der Waals surface area contributed by atoms with Crippen molar-refractivity contribution in [3.05, 3.63) is 29.3 Å². The second-order valence-electron chi connectivity index (χ2n) is 5.84. The number of phenolic OH excluding ortho intramolecular Hbond substituents is 1. The lowest BCUT2D eigenvalue weighted by Gasteiger charge is -2.26. The van der Waals surface area contributed by atoms with Gasteiger partial charge in [-0.1, -0.05) is 13.8 Å². The quantitative estimate of drug-likeness (QED) is 0.835. The summed E-state index contributed by atoms with van der Waals surface area (Å²) in [6.07, 6.45) is 0. The number of hydrogen-bond donors (Lipinski definition) is 1. The van der Waals surface area contributed by atoms with E-state index >= 15 is 0 Å². The Morgan fingerprint density at radius 3 is 2.10 bits per heavy atom. The number of hydrogen-bond acceptors (Lipinski definition) is 3. The van der Waals surface area contributed by atoms with Gasteiger partial charge in [0.05, 0.1) is 0 Å². The van der Waals surface area contributed by atoms with Gasteiger partial charge in [-0.3, -0.25) is 4.90 Å². The van der Waals surface area contributed by atoms with Gasteiger partial charge in [0.25, 0.3) is 0 Å². The number of nitrogens with zero attached hydrogens (tertiary/aromatic N) is 2. The third-order valence-electron chi connectivity index (χ3n) is 2.97. The molecule has 1 rings (SSSR count). The van der Waals surface area contributed by atoms with E-state index in [4.69, 9.17) is 5.11 Å². The highest BCUT2D eigenvalue weighted by molar-refractivity contribution is 5.30. The Labute approximate surface area is 119 Å². The van der Waals surface area contributed by atoms with Crippen molar-refractivity contribution in [1.29, 1.82) is 0 Å². The lowest BCUT2D eigenvalue weighted by atomic mass is 10.1. The standard InChI is InChI=1S/C15H24F2N2O/c1-11(2)9-19(6-5-18(3)4)10-12-7-13(16)15(20)14(17)8-12/h7-8,11,20H,5-6,9-10H2,1-4H3. The maximum Gasteiger partial charge on any atom is 0.187 e. The number of rotatable bonds is 7. The molecule has 0 fully saturated rings. The summed E-state index contributed by atoms with van der Waals surface area (Å²) in [5, 5.41) is 9.12. The van der Waals surface area contributed by atoms with Crippen molar-refractivity contribution in [2.75, 3.05) is 33.7 Å². The third-order valence-corrected chi connectivity index (χ3v) is 2.97. The topological polar surface area (TPSA) is 26.7 Å². The van der Waals surface area contributed by atoms with Crippen LogP contribution < -0.4 is 0 Å². The Kier molecular flexibility index (Phi) is 6.36. The van der Waals surface area contributed by atoms with Crippen molar-refractivity contribution in [2.45, 2.75) is 20.4 Å². The van der Waals surface area contributed by atoms with Crippen molar-refractivity contribution < 1.29 is 13.9 Å². The molecule has 0 aliphatic heterocycles. The lowest BCUT2D eigenvalue weighted by molar-refractivity contribution is 0.211. The van der Waals surface area contributed by atoms with Crippen LogP contribution in [-0.4, -0.2) is 48.6 Å². The number of aromatic hydroxyl groups is 1. The van der Waals surface area contributed by atoms with Gasteiger partial charge >= 0.3 is 0 Å². The second-order valence-corrected chi connectivity index (χ2v) is 5.84. The first-order valence-corrected chi connectivity index (χ1v) is 6.83. The summed E-state index contributed by atoms with van der Waals surface area (Å²) in [6, 6.07) is 2.39. The normalized spacial score (nSPS) is 11.8. The highest BCUT2D eigenvalue weighted by atomic mass is 19.1. The Bertz CT molecular complexity index is 413. The molecule has 0 unspecified atom stereocenters. The molecule has 0 spiro atoms. The fourth-order valence-corrected chi connectivity index (χ4v) is 2.06. The predicted molar refractivity (Wildman–Crippen MR) is 76.7 cm³/mol. The summed E-state index contributed by atoms with van der Waals surface area (Å²) in [7, 11) is 3.99. The molecular formula is C15H24F2N2O. The molecule has 0 aromatic heterocycles. The number of likely N-dealkylation sites (N-methyl/N-ethyl adjacent to an activating group) is 1. The number of benzene rings is 1. The van der Waals surface area contributed by atoms with Crippen LogP contribution in [0.4, 0.5) is 8.78 Å². The minimum absolute atomic E-state index is 0.472. The molecule has 3 nitrogen and oxygen atoms in total. The molecule has 114 valence electrons. The molecule has 0 saturated carbocycles. The molecule has 0 heterocycles. The first-order valence-electron chi connectivity index (χ1n) is 6.83. The second kappa shape index (κ2) is 7.55. The largest absolute Gasteiger partial charge is 0.503 e. The van der Waals surface area contributed by atoms with Gasteiger partial charge in [-0.05, 0) is 37.7 Å². The average Bonchev–Trinajstić information content (AvgIpc) is 2.32. The summed E-state index contributed by atoms with van der Waals surface area (Å²) in [5.74, 6) is -2.24. The molecule has 0 atom stereocenters. The van der Waals surface area contributed by atoms with Crippen LogP contribution in [0.25, 0.3) is 0 Å². The lowest BCUT2D eigenvalue weighted by Crippen LogP contribution is -2.34. The van der Waals surface area contributed by atoms with Crippen LogP contribution >= 0.6 is 0 Å². The minimum atomic E-state index is -0.905. The van der Waals surface area contributed by atoms with Gasteiger partial charge in [0.2, 0.25) is 0 Å². The van der Waals surface area contributed by atoms with Crippen LogP contribution in [-0.2, 0) is 6.54 Å². The fourth-order valence-electron chi connectivity index (χ4n) is 2.06. The Hall–Kier alpha value is -1.20. The summed E-state index contributed by atoms with van der Waals surface area (Å²) in [4.78, 5) is 4.24. The van der Waals surface area contributed by atoms with Crippen molar-refractivity contribution >= 4 is 0 Å². The number of halogens is 2. The zero-order chi connectivity index (χ0) is 15.3. The van der Waals surface area contributed by atoms with E-state index in [2.05, 4.69) is 23.6 Å². The van der Waals surface area contributed by atoms with Crippen LogP contribution in [0, 0.1) is 17.6 Å². The van der Waals surface area contributed by atoms with Crippen molar-refractivity contribution in [2.24, 2.45) is 5.92 Å². The Morgan fingerprint density at radius 2 is 1.65 bits per heavy atom. The summed E-state index contributed by atoms with van der Waals surface area (Å²) in [5.41, 5.74) is 0.539. The molecular weight excluding hydrogens is 262 g/mol. The van der Waals surface area contributed by atoms with E-state index in [9.17, 15) is 8.78 Å².